The highest BCUT2D eigenvalue weighted by molar-refractivity contribution is 7.85. The molecule has 170 valence electrons. The normalized spacial score (nSPS) is 24.7. The number of hydrogen-bond acceptors (Lipinski definition) is 6. The Labute approximate surface area is 192 Å². The fourth-order valence-corrected chi connectivity index (χ4v) is 7.17. The summed E-state index contributed by atoms with van der Waals surface area (Å²) in [5.41, 5.74) is 4.37. The third-order valence-corrected chi connectivity index (χ3v) is 9.58. The predicted molar refractivity (Wildman–Crippen MR) is 127 cm³/mol. The molecule has 0 radical (unpaired) electrons. The summed E-state index contributed by atoms with van der Waals surface area (Å²) >= 11 is 0. The largest absolute Gasteiger partial charge is 0.394 e. The Morgan fingerprint density at radius 3 is 2.66 bits per heavy atom. The third-order valence-electron chi connectivity index (χ3n) is 8.25. The first kappa shape index (κ1) is 20.6. The Morgan fingerprint density at radius 2 is 1.91 bits per heavy atom. The maximum Gasteiger partial charge on any atom is 0.227 e. The van der Waals surface area contributed by atoms with E-state index >= 15 is 0 Å². The van der Waals surface area contributed by atoms with Crippen molar-refractivity contribution in [3.05, 3.63) is 41.1 Å². The number of aliphatic hydroxyl groups excluding tert-OH is 1. The van der Waals surface area contributed by atoms with Crippen molar-refractivity contribution in [3.8, 4) is 0 Å². The minimum absolute atomic E-state index is 0.130. The molecule has 2 aromatic rings. The molecule has 1 aromatic carbocycles. The summed E-state index contributed by atoms with van der Waals surface area (Å²) < 4.78 is 12.6. The van der Waals surface area contributed by atoms with Crippen molar-refractivity contribution in [1.82, 2.24) is 9.97 Å². The van der Waals surface area contributed by atoms with E-state index in [0.717, 1.165) is 61.9 Å². The lowest BCUT2D eigenvalue weighted by Crippen LogP contribution is -2.59. The van der Waals surface area contributed by atoms with E-state index in [0.29, 0.717) is 18.2 Å². The van der Waals surface area contributed by atoms with E-state index in [9.17, 15) is 9.32 Å². The van der Waals surface area contributed by atoms with Gasteiger partial charge in [-0.15, -0.1) is 0 Å². The van der Waals surface area contributed by atoms with Crippen molar-refractivity contribution in [1.29, 1.82) is 0 Å². The smallest absolute Gasteiger partial charge is 0.227 e. The first-order valence-corrected chi connectivity index (χ1v) is 13.5. The molecule has 2 aliphatic heterocycles. The van der Waals surface area contributed by atoms with Crippen molar-refractivity contribution < 1.29 is 9.32 Å². The van der Waals surface area contributed by atoms with Crippen LogP contribution in [-0.2, 0) is 23.6 Å². The van der Waals surface area contributed by atoms with Crippen molar-refractivity contribution in [2.45, 2.75) is 67.7 Å². The van der Waals surface area contributed by atoms with Gasteiger partial charge in [0.25, 0.3) is 0 Å². The van der Waals surface area contributed by atoms with Gasteiger partial charge in [0.1, 0.15) is 0 Å². The predicted octanol–water partition coefficient (Wildman–Crippen LogP) is 3.19. The number of anilines is 2. The van der Waals surface area contributed by atoms with Crippen molar-refractivity contribution in [2.75, 3.05) is 41.8 Å². The highest BCUT2D eigenvalue weighted by atomic mass is 32.2. The molecule has 0 bridgehead atoms. The summed E-state index contributed by atoms with van der Waals surface area (Å²) in [5.74, 6) is 2.72. The molecule has 1 saturated carbocycles. The number of aliphatic hydroxyl groups is 1. The number of aryl methyl sites for hydroxylation is 2. The van der Waals surface area contributed by atoms with Gasteiger partial charge in [-0.25, -0.2) is 4.98 Å². The Kier molecular flexibility index (Phi) is 5.22. The molecular formula is C25H32N4O2S. The summed E-state index contributed by atoms with van der Waals surface area (Å²) in [6.07, 6.45) is 10.8. The zero-order valence-electron chi connectivity index (χ0n) is 18.6. The number of nitrogens with zero attached hydrogens (tertiary/aromatic N) is 4. The van der Waals surface area contributed by atoms with Gasteiger partial charge in [-0.1, -0.05) is 18.2 Å². The Balaban J connectivity index is 1.21. The highest BCUT2D eigenvalue weighted by Crippen LogP contribution is 2.43. The average Bonchev–Trinajstić information content (AvgIpc) is 3.28. The number of hydrogen-bond donors (Lipinski definition) is 1. The van der Waals surface area contributed by atoms with Crippen molar-refractivity contribution in [2.24, 2.45) is 0 Å². The molecule has 1 N–H and O–H groups in total. The van der Waals surface area contributed by atoms with Crippen LogP contribution in [0.15, 0.2) is 29.3 Å². The van der Waals surface area contributed by atoms with Crippen LogP contribution in [0.25, 0.3) is 0 Å². The second kappa shape index (κ2) is 8.10. The van der Waals surface area contributed by atoms with Crippen LogP contribution in [0.1, 0.15) is 61.1 Å². The van der Waals surface area contributed by atoms with Crippen LogP contribution in [0.4, 0.5) is 11.8 Å². The van der Waals surface area contributed by atoms with Gasteiger partial charge in [0.05, 0.1) is 34.0 Å². The summed E-state index contributed by atoms with van der Waals surface area (Å²) in [5, 5.41) is 10.1. The van der Waals surface area contributed by atoms with Crippen LogP contribution in [0.2, 0.25) is 0 Å². The first-order chi connectivity index (χ1) is 15.7. The van der Waals surface area contributed by atoms with E-state index in [4.69, 9.17) is 4.98 Å². The molecule has 2 fully saturated rings. The molecule has 0 spiro atoms. The van der Waals surface area contributed by atoms with Crippen molar-refractivity contribution in [3.63, 3.8) is 0 Å². The quantitative estimate of drug-likeness (QED) is 0.768. The van der Waals surface area contributed by atoms with Gasteiger partial charge < -0.3 is 14.9 Å². The van der Waals surface area contributed by atoms with E-state index in [1.807, 2.05) is 0 Å². The van der Waals surface area contributed by atoms with Crippen LogP contribution >= 0.6 is 0 Å². The SMILES string of the molecule is O=[S@@]1CCN(C2(CO)CCC2)c2nc(N3CCC(c4ccc5c(c4)CCC5)CC3)ncc21. The molecule has 2 aliphatic carbocycles. The van der Waals surface area contributed by atoms with Gasteiger partial charge in [0, 0.05) is 25.4 Å². The van der Waals surface area contributed by atoms with E-state index in [-0.39, 0.29) is 12.1 Å². The zero-order chi connectivity index (χ0) is 21.7. The molecule has 6 nitrogen and oxygen atoms in total. The van der Waals surface area contributed by atoms with E-state index in [1.165, 1.54) is 24.8 Å². The molecule has 6 rings (SSSR count). The van der Waals surface area contributed by atoms with E-state index in [2.05, 4.69) is 33.0 Å². The van der Waals surface area contributed by atoms with Gasteiger partial charge in [-0.05, 0) is 74.0 Å². The third kappa shape index (κ3) is 3.36. The van der Waals surface area contributed by atoms with Gasteiger partial charge in [0.15, 0.2) is 5.82 Å². The standard InChI is InChI=1S/C25H32N4O2S/c30-17-25(9-2-10-25)29-13-14-32(31)22-16-26-24(27-23(22)29)28-11-7-19(8-12-28)21-6-5-18-3-1-4-20(18)15-21/h5-6,15-16,19,30H,1-4,7-14,17H2/t32-/m1/s1. The number of piperidine rings is 1. The molecule has 3 heterocycles. The second-order valence-corrected chi connectivity index (χ2v) is 11.5. The van der Waals surface area contributed by atoms with Crippen LogP contribution in [0.3, 0.4) is 0 Å². The molecular weight excluding hydrogens is 420 g/mol. The number of benzene rings is 1. The minimum Gasteiger partial charge on any atom is -0.394 e. The Morgan fingerprint density at radius 1 is 1.09 bits per heavy atom. The molecule has 32 heavy (non-hydrogen) atoms. The Hall–Kier alpha value is -1.99. The molecule has 4 aliphatic rings. The molecule has 1 atom stereocenters. The van der Waals surface area contributed by atoms with Crippen LogP contribution < -0.4 is 9.80 Å². The maximum atomic E-state index is 12.6. The Bertz CT molecular complexity index is 1040. The molecule has 0 unspecified atom stereocenters. The van der Waals surface area contributed by atoms with Gasteiger partial charge >= 0.3 is 0 Å². The average molecular weight is 453 g/mol. The van der Waals surface area contributed by atoms with Crippen LogP contribution in [-0.4, -0.2) is 56.8 Å². The number of aromatic nitrogens is 2. The van der Waals surface area contributed by atoms with Gasteiger partial charge in [-0.2, -0.15) is 4.98 Å². The lowest BCUT2D eigenvalue weighted by atomic mass is 9.76. The van der Waals surface area contributed by atoms with E-state index < -0.39 is 10.8 Å². The van der Waals surface area contributed by atoms with Gasteiger partial charge in [0.2, 0.25) is 5.95 Å². The first-order valence-electron chi connectivity index (χ1n) is 12.2. The minimum atomic E-state index is -1.06. The highest BCUT2D eigenvalue weighted by Gasteiger charge is 2.45. The molecule has 1 saturated heterocycles. The molecule has 7 heteroatoms. The van der Waals surface area contributed by atoms with Gasteiger partial charge in [-0.3, -0.25) is 4.21 Å². The lowest BCUT2D eigenvalue weighted by Gasteiger charge is -2.51. The summed E-state index contributed by atoms with van der Waals surface area (Å²) in [7, 11) is -1.06. The topological polar surface area (TPSA) is 69.6 Å². The van der Waals surface area contributed by atoms with E-state index in [1.54, 1.807) is 17.3 Å². The number of fused-ring (bicyclic) bond motifs is 2. The second-order valence-electron chi connectivity index (χ2n) is 9.94. The summed E-state index contributed by atoms with van der Waals surface area (Å²) in [6, 6.07) is 7.15. The lowest BCUT2D eigenvalue weighted by molar-refractivity contribution is 0.115. The molecule has 1 aromatic heterocycles. The monoisotopic (exact) mass is 452 g/mol. The zero-order valence-corrected chi connectivity index (χ0v) is 19.4. The summed E-state index contributed by atoms with van der Waals surface area (Å²) in [6.45, 7) is 2.70. The maximum absolute atomic E-state index is 12.6. The fraction of sp³-hybridized carbons (Fsp3) is 0.600. The van der Waals surface area contributed by atoms with Crippen LogP contribution in [0, 0.1) is 0 Å². The number of rotatable bonds is 4. The summed E-state index contributed by atoms with van der Waals surface area (Å²) in [4.78, 5) is 14.8. The van der Waals surface area contributed by atoms with Crippen LogP contribution in [0.5, 0.6) is 0 Å². The van der Waals surface area contributed by atoms with Crippen molar-refractivity contribution >= 4 is 22.6 Å². The fourth-order valence-electron chi connectivity index (χ4n) is 6.07. The molecule has 0 amide bonds.